The molecule has 4 rings (SSSR count). The van der Waals surface area contributed by atoms with Crippen molar-refractivity contribution in [1.82, 2.24) is 10.6 Å². The fourth-order valence-corrected chi connectivity index (χ4v) is 4.89. The number of amides is 2. The number of aliphatic carboxylic acids is 1. The Bertz CT molecular complexity index is 1020. The molecule has 2 atom stereocenters. The number of carboxylic acids is 1. The van der Waals surface area contributed by atoms with Gasteiger partial charge in [0.15, 0.2) is 0 Å². The molecule has 0 spiro atoms. The molecule has 1 saturated carbocycles. The van der Waals surface area contributed by atoms with E-state index < -0.39 is 30.1 Å². The average Bonchev–Trinajstić information content (AvgIpc) is 3.09. The lowest BCUT2D eigenvalue weighted by atomic mass is 9.79. The first-order valence-electron chi connectivity index (χ1n) is 12.0. The highest BCUT2D eigenvalue weighted by atomic mass is 16.5. The minimum Gasteiger partial charge on any atom is -0.480 e. The van der Waals surface area contributed by atoms with Crippen LogP contribution in [0.5, 0.6) is 0 Å². The van der Waals surface area contributed by atoms with E-state index in [1.807, 2.05) is 50.2 Å². The quantitative estimate of drug-likeness (QED) is 0.513. The van der Waals surface area contributed by atoms with E-state index in [0.717, 1.165) is 41.5 Å². The first-order chi connectivity index (χ1) is 16.3. The molecule has 0 heterocycles. The number of carbonyl (C=O) groups is 3. The number of alkyl carbamates (subject to hydrolysis) is 1. The zero-order valence-electron chi connectivity index (χ0n) is 19.6. The van der Waals surface area contributed by atoms with Gasteiger partial charge in [0.1, 0.15) is 18.7 Å². The second kappa shape index (κ2) is 10.3. The van der Waals surface area contributed by atoms with Crippen LogP contribution in [0, 0.1) is 11.8 Å². The van der Waals surface area contributed by atoms with Crippen LogP contribution in [0.4, 0.5) is 4.79 Å². The van der Waals surface area contributed by atoms with Gasteiger partial charge in [-0.25, -0.2) is 9.59 Å². The topological polar surface area (TPSA) is 105 Å². The highest BCUT2D eigenvalue weighted by Crippen LogP contribution is 2.44. The van der Waals surface area contributed by atoms with Gasteiger partial charge in [-0.1, -0.05) is 68.8 Å². The van der Waals surface area contributed by atoms with Gasteiger partial charge >= 0.3 is 12.1 Å². The number of hydrogen-bond donors (Lipinski definition) is 3. The summed E-state index contributed by atoms with van der Waals surface area (Å²) in [6.07, 6.45) is 2.26. The summed E-state index contributed by atoms with van der Waals surface area (Å²) in [5.74, 6) is -1.52. The highest BCUT2D eigenvalue weighted by molar-refractivity contribution is 5.89. The Kier molecular flexibility index (Phi) is 7.20. The van der Waals surface area contributed by atoms with Gasteiger partial charge in [0.2, 0.25) is 5.91 Å². The normalized spacial score (nSPS) is 16.7. The maximum Gasteiger partial charge on any atom is 0.407 e. The van der Waals surface area contributed by atoms with Crippen LogP contribution in [0.1, 0.15) is 56.6 Å². The zero-order valence-corrected chi connectivity index (χ0v) is 19.6. The fourth-order valence-electron chi connectivity index (χ4n) is 4.89. The van der Waals surface area contributed by atoms with Crippen LogP contribution in [0.15, 0.2) is 48.5 Å². The summed E-state index contributed by atoms with van der Waals surface area (Å²) in [7, 11) is 0. The van der Waals surface area contributed by atoms with Crippen molar-refractivity contribution in [1.29, 1.82) is 0 Å². The number of carboxylic acid groups (broad SMARTS) is 1. The van der Waals surface area contributed by atoms with Gasteiger partial charge in [0.25, 0.3) is 0 Å². The molecule has 0 radical (unpaired) electrons. The molecule has 2 aliphatic rings. The lowest BCUT2D eigenvalue weighted by molar-refractivity contribution is -0.143. The van der Waals surface area contributed by atoms with E-state index in [0.29, 0.717) is 6.42 Å². The third kappa shape index (κ3) is 5.08. The number of carbonyl (C=O) groups excluding carboxylic acids is 2. The van der Waals surface area contributed by atoms with E-state index in [-0.39, 0.29) is 24.4 Å². The third-order valence-electron chi connectivity index (χ3n) is 6.84. The number of fused-ring (bicyclic) bond motifs is 3. The molecular weight excluding hydrogens is 432 g/mol. The summed E-state index contributed by atoms with van der Waals surface area (Å²) in [5, 5.41) is 14.8. The van der Waals surface area contributed by atoms with Crippen molar-refractivity contribution in [3.8, 4) is 11.1 Å². The summed E-state index contributed by atoms with van der Waals surface area (Å²) in [4.78, 5) is 37.3. The average molecular weight is 465 g/mol. The van der Waals surface area contributed by atoms with Gasteiger partial charge in [0.05, 0.1) is 0 Å². The second-order valence-corrected chi connectivity index (χ2v) is 9.67. The molecule has 2 amide bonds. The van der Waals surface area contributed by atoms with E-state index in [2.05, 4.69) is 22.8 Å². The maximum absolute atomic E-state index is 13.0. The van der Waals surface area contributed by atoms with Crippen LogP contribution >= 0.6 is 0 Å². The minimum atomic E-state index is -1.07. The van der Waals surface area contributed by atoms with Crippen LogP contribution in [0.2, 0.25) is 0 Å². The van der Waals surface area contributed by atoms with Gasteiger partial charge in [-0.15, -0.1) is 0 Å². The third-order valence-corrected chi connectivity index (χ3v) is 6.84. The lowest BCUT2D eigenvalue weighted by Crippen LogP contribution is -2.56. The van der Waals surface area contributed by atoms with E-state index >= 15 is 0 Å². The molecule has 7 heteroatoms. The van der Waals surface area contributed by atoms with Gasteiger partial charge in [-0.05, 0) is 53.4 Å². The molecule has 1 unspecified atom stereocenters. The molecular formula is C27H32N2O5. The van der Waals surface area contributed by atoms with Crippen molar-refractivity contribution in [3.63, 3.8) is 0 Å². The molecule has 0 bridgehead atoms. The van der Waals surface area contributed by atoms with E-state index in [1.54, 1.807) is 0 Å². The van der Waals surface area contributed by atoms with E-state index in [9.17, 15) is 19.5 Å². The lowest BCUT2D eigenvalue weighted by Gasteiger charge is -2.33. The molecule has 2 aliphatic carbocycles. The van der Waals surface area contributed by atoms with Crippen molar-refractivity contribution in [3.05, 3.63) is 59.7 Å². The summed E-state index contributed by atoms with van der Waals surface area (Å²) in [6.45, 7) is 3.96. The van der Waals surface area contributed by atoms with Gasteiger partial charge < -0.3 is 20.5 Å². The van der Waals surface area contributed by atoms with Gasteiger partial charge in [0, 0.05) is 5.92 Å². The summed E-state index contributed by atoms with van der Waals surface area (Å²) in [5.41, 5.74) is 4.51. The van der Waals surface area contributed by atoms with Crippen molar-refractivity contribution in [2.75, 3.05) is 6.61 Å². The predicted molar refractivity (Wildman–Crippen MR) is 128 cm³/mol. The molecule has 0 saturated heterocycles. The van der Waals surface area contributed by atoms with Crippen molar-refractivity contribution >= 4 is 18.0 Å². The molecule has 7 nitrogen and oxygen atoms in total. The standard InChI is InChI=1S/C27H32N2O5/c1-16(2)14-23(26(31)32)28-25(30)24(17-8-7-9-17)29-27(33)34-15-22-20-12-5-3-10-18(20)19-11-4-6-13-21(19)22/h3-6,10-13,16-17,22-24H,7-9,14-15H2,1-2H3,(H,28,30)(H,29,33)(H,31,32)/t23-,24?/m1/s1. The molecule has 34 heavy (non-hydrogen) atoms. The summed E-state index contributed by atoms with van der Waals surface area (Å²) >= 11 is 0. The van der Waals surface area contributed by atoms with Crippen LogP contribution in [0.25, 0.3) is 11.1 Å². The maximum atomic E-state index is 13.0. The van der Waals surface area contributed by atoms with Crippen LogP contribution < -0.4 is 10.6 Å². The smallest absolute Gasteiger partial charge is 0.407 e. The van der Waals surface area contributed by atoms with E-state index in [4.69, 9.17) is 4.74 Å². The molecule has 0 aliphatic heterocycles. The van der Waals surface area contributed by atoms with Crippen LogP contribution in [-0.2, 0) is 14.3 Å². The van der Waals surface area contributed by atoms with Crippen molar-refractivity contribution < 1.29 is 24.2 Å². The number of rotatable bonds is 9. The Morgan fingerprint density at radius 2 is 1.56 bits per heavy atom. The Labute approximate surface area is 199 Å². The number of nitrogens with one attached hydrogen (secondary N) is 2. The molecule has 1 fully saturated rings. The van der Waals surface area contributed by atoms with Crippen LogP contribution in [0.3, 0.4) is 0 Å². The molecule has 2 aromatic carbocycles. The number of ether oxygens (including phenoxy) is 1. The fraction of sp³-hybridized carbons (Fsp3) is 0.444. The van der Waals surface area contributed by atoms with Crippen LogP contribution in [-0.4, -0.2) is 41.8 Å². The molecule has 3 N–H and O–H groups in total. The molecule has 180 valence electrons. The molecule has 2 aromatic rings. The van der Waals surface area contributed by atoms with Crippen molar-refractivity contribution in [2.24, 2.45) is 11.8 Å². The minimum absolute atomic E-state index is 0.0195. The first kappa shape index (κ1) is 23.8. The largest absolute Gasteiger partial charge is 0.480 e. The monoisotopic (exact) mass is 464 g/mol. The summed E-state index contributed by atoms with van der Waals surface area (Å²) < 4.78 is 5.61. The number of benzene rings is 2. The number of hydrogen-bond acceptors (Lipinski definition) is 4. The highest BCUT2D eigenvalue weighted by Gasteiger charge is 2.36. The van der Waals surface area contributed by atoms with Crippen molar-refractivity contribution in [2.45, 2.75) is 57.5 Å². The van der Waals surface area contributed by atoms with Gasteiger partial charge in [-0.2, -0.15) is 0 Å². The molecule has 0 aromatic heterocycles. The Balaban J connectivity index is 1.41. The van der Waals surface area contributed by atoms with E-state index in [1.165, 1.54) is 0 Å². The Morgan fingerprint density at radius 1 is 0.971 bits per heavy atom. The summed E-state index contributed by atoms with van der Waals surface area (Å²) in [6, 6.07) is 14.4. The predicted octanol–water partition coefficient (Wildman–Crippen LogP) is 4.31. The zero-order chi connectivity index (χ0) is 24.2. The Morgan fingerprint density at radius 3 is 2.06 bits per heavy atom. The second-order valence-electron chi connectivity index (χ2n) is 9.67. The SMILES string of the molecule is CC(C)C[C@@H](NC(=O)C(NC(=O)OCC1c2ccccc2-c2ccccc21)C1CCC1)C(=O)O. The Hall–Kier alpha value is -3.35. The first-order valence-corrected chi connectivity index (χ1v) is 12.0. The van der Waals surface area contributed by atoms with Gasteiger partial charge in [-0.3, -0.25) is 4.79 Å².